The van der Waals surface area contributed by atoms with E-state index in [-0.39, 0.29) is 12.2 Å². The molecule has 0 aliphatic rings. The number of aromatic nitrogens is 4. The van der Waals surface area contributed by atoms with E-state index < -0.39 is 26.9 Å². The number of rotatable bonds is 21. The highest BCUT2D eigenvalue weighted by Gasteiger charge is 2.31. The van der Waals surface area contributed by atoms with Crippen LogP contribution in [0.2, 0.25) is 0 Å². The molecule has 0 fully saturated rings. The fraction of sp³-hybridized carbons (Fsp3) is 0.548. The summed E-state index contributed by atoms with van der Waals surface area (Å²) in [6, 6.07) is 18.2. The molecule has 0 bridgehead atoms. The smallest absolute Gasteiger partial charge is 0.267 e. The Hall–Kier alpha value is -2.60. The number of carbonyl (C=O) groups is 1. The number of Topliss-reactive ketones (excluding diaryl/α,β-unsaturated/α-hetero) is 1. The van der Waals surface area contributed by atoms with E-state index in [0.717, 1.165) is 36.7 Å². The molecule has 42 heavy (non-hydrogen) atoms. The zero-order valence-corrected chi connectivity index (χ0v) is 26.3. The third kappa shape index (κ3) is 11.6. The zero-order chi connectivity index (χ0) is 30.2. The van der Waals surface area contributed by atoms with Crippen LogP contribution in [0.5, 0.6) is 0 Å². The van der Waals surface area contributed by atoms with Crippen LogP contribution in [0, 0.1) is 0 Å². The Morgan fingerprint density at radius 2 is 1.48 bits per heavy atom. The van der Waals surface area contributed by atoms with Gasteiger partial charge in [0.25, 0.3) is 10.1 Å². The number of benzene rings is 2. The van der Waals surface area contributed by atoms with Crippen molar-refractivity contribution in [2.75, 3.05) is 0 Å². The van der Waals surface area contributed by atoms with Crippen molar-refractivity contribution in [2.24, 2.45) is 0 Å². The Kier molecular flexibility index (Phi) is 14.6. The second-order valence-electron chi connectivity index (χ2n) is 10.7. The average Bonchev–Trinajstić information content (AvgIpc) is 3.46. The lowest BCUT2D eigenvalue weighted by Gasteiger charge is -2.25. The van der Waals surface area contributed by atoms with Gasteiger partial charge in [-0.3, -0.25) is 9.35 Å². The van der Waals surface area contributed by atoms with Crippen LogP contribution in [0.15, 0.2) is 65.8 Å². The molecule has 3 unspecified atom stereocenters. The molecular weight excluding hydrogens is 572 g/mol. The lowest BCUT2D eigenvalue weighted by molar-refractivity contribution is 0.0227. The van der Waals surface area contributed by atoms with Crippen molar-refractivity contribution >= 4 is 27.7 Å². The van der Waals surface area contributed by atoms with Crippen LogP contribution in [0.3, 0.4) is 0 Å². The standard InChI is InChI=1S/C31H44N4O5S2/c1-3-4-5-6-7-8-9-10-11-18-23-28(24-25(2)42(37,38)39)40-30(29(36)26-19-14-12-15-20-26)41-31-32-33-34-35(31)27-21-16-13-17-22-27/h12-17,19-22,25,28,30H,3-11,18,23-24H2,1-2H3,(H,37,38,39). The minimum atomic E-state index is -4.26. The van der Waals surface area contributed by atoms with Gasteiger partial charge in [-0.15, -0.1) is 5.10 Å². The van der Waals surface area contributed by atoms with Gasteiger partial charge < -0.3 is 4.74 Å². The first kappa shape index (κ1) is 33.9. The molecule has 0 radical (unpaired) electrons. The molecule has 0 saturated carbocycles. The summed E-state index contributed by atoms with van der Waals surface area (Å²) in [7, 11) is -4.26. The molecule has 3 aromatic rings. The van der Waals surface area contributed by atoms with Crippen molar-refractivity contribution in [3.05, 3.63) is 66.2 Å². The minimum Gasteiger partial charge on any atom is -0.356 e. The zero-order valence-electron chi connectivity index (χ0n) is 24.7. The van der Waals surface area contributed by atoms with Crippen molar-refractivity contribution in [1.82, 2.24) is 20.2 Å². The molecule has 0 amide bonds. The number of carbonyl (C=O) groups excluding carboxylic acids is 1. The number of hydrogen-bond donors (Lipinski definition) is 1. The van der Waals surface area contributed by atoms with E-state index in [1.807, 2.05) is 36.4 Å². The van der Waals surface area contributed by atoms with E-state index in [1.165, 1.54) is 56.6 Å². The van der Waals surface area contributed by atoms with Gasteiger partial charge in [-0.25, -0.2) is 0 Å². The van der Waals surface area contributed by atoms with E-state index in [9.17, 15) is 17.8 Å². The van der Waals surface area contributed by atoms with Crippen LogP contribution in [0.4, 0.5) is 0 Å². The quantitative estimate of drug-likeness (QED) is 0.0431. The summed E-state index contributed by atoms with van der Waals surface area (Å²) >= 11 is 1.08. The largest absolute Gasteiger partial charge is 0.356 e. The Bertz CT molecular complexity index is 1290. The normalized spacial score (nSPS) is 14.0. The van der Waals surface area contributed by atoms with Crippen molar-refractivity contribution in [3.63, 3.8) is 0 Å². The Morgan fingerprint density at radius 3 is 2.07 bits per heavy atom. The molecule has 1 aromatic heterocycles. The summed E-state index contributed by atoms with van der Waals surface area (Å²) in [5.41, 5.74) is 0.176. The van der Waals surface area contributed by atoms with Gasteiger partial charge in [-0.1, -0.05) is 120 Å². The van der Waals surface area contributed by atoms with Crippen LogP contribution in [-0.4, -0.2) is 55.8 Å². The molecule has 2 aromatic carbocycles. The molecule has 0 aliphatic heterocycles. The monoisotopic (exact) mass is 616 g/mol. The van der Waals surface area contributed by atoms with Crippen molar-refractivity contribution in [3.8, 4) is 5.69 Å². The van der Waals surface area contributed by atoms with Gasteiger partial charge >= 0.3 is 0 Å². The topological polar surface area (TPSA) is 124 Å². The van der Waals surface area contributed by atoms with Crippen LogP contribution in [-0.2, 0) is 14.9 Å². The van der Waals surface area contributed by atoms with Gasteiger partial charge in [0.1, 0.15) is 0 Å². The van der Waals surface area contributed by atoms with Crippen LogP contribution < -0.4 is 0 Å². The number of nitrogens with zero attached hydrogens (tertiary/aromatic N) is 4. The lowest BCUT2D eigenvalue weighted by Crippen LogP contribution is -2.31. The second-order valence-corrected chi connectivity index (χ2v) is 13.5. The summed E-state index contributed by atoms with van der Waals surface area (Å²) in [5, 5.41) is 11.4. The number of hydrogen-bond acceptors (Lipinski definition) is 8. The Morgan fingerprint density at radius 1 is 0.905 bits per heavy atom. The molecule has 3 atom stereocenters. The van der Waals surface area contributed by atoms with Gasteiger partial charge in [-0.05, 0) is 54.1 Å². The Labute approximate surface area is 254 Å². The van der Waals surface area contributed by atoms with E-state index in [0.29, 0.717) is 17.1 Å². The maximum atomic E-state index is 13.7. The van der Waals surface area contributed by atoms with E-state index in [2.05, 4.69) is 22.4 Å². The van der Waals surface area contributed by atoms with Crippen LogP contribution in [0.1, 0.15) is 101 Å². The number of thioether (sulfide) groups is 1. The lowest BCUT2D eigenvalue weighted by atomic mass is 10.0. The first-order valence-electron chi connectivity index (χ1n) is 15.0. The second kappa shape index (κ2) is 18.1. The summed E-state index contributed by atoms with van der Waals surface area (Å²) in [4.78, 5) is 13.7. The highest BCUT2D eigenvalue weighted by molar-refractivity contribution is 8.00. The maximum Gasteiger partial charge on any atom is 0.267 e. The predicted molar refractivity (Wildman–Crippen MR) is 167 cm³/mol. The van der Waals surface area contributed by atoms with Crippen molar-refractivity contribution in [1.29, 1.82) is 0 Å². The molecule has 1 heterocycles. The van der Waals surface area contributed by atoms with Gasteiger partial charge in [0.05, 0.1) is 17.0 Å². The van der Waals surface area contributed by atoms with Crippen LogP contribution >= 0.6 is 11.8 Å². The summed E-state index contributed by atoms with van der Waals surface area (Å²) in [5.74, 6) is -0.268. The SMILES string of the molecule is CCCCCCCCCCCCC(CC(C)S(=O)(=O)O)OC(Sc1nnnn1-c1ccccc1)C(=O)c1ccccc1. The molecule has 0 aliphatic carbocycles. The molecular formula is C31H44N4O5S2. The van der Waals surface area contributed by atoms with Gasteiger partial charge in [-0.2, -0.15) is 13.1 Å². The van der Waals surface area contributed by atoms with E-state index >= 15 is 0 Å². The minimum absolute atomic E-state index is 0.0685. The van der Waals surface area contributed by atoms with Crippen LogP contribution in [0.25, 0.3) is 5.69 Å². The third-order valence-electron chi connectivity index (χ3n) is 7.23. The molecule has 0 saturated heterocycles. The maximum absolute atomic E-state index is 13.7. The first-order valence-corrected chi connectivity index (χ1v) is 17.4. The summed E-state index contributed by atoms with van der Waals surface area (Å²) < 4.78 is 41.4. The fourth-order valence-electron chi connectivity index (χ4n) is 4.73. The van der Waals surface area contributed by atoms with Crippen molar-refractivity contribution < 1.29 is 22.5 Å². The number of unbranched alkanes of at least 4 members (excludes halogenated alkanes) is 9. The summed E-state index contributed by atoms with van der Waals surface area (Å²) in [6.45, 7) is 3.68. The first-order chi connectivity index (χ1) is 20.3. The molecule has 9 nitrogen and oxygen atoms in total. The molecule has 0 spiro atoms. The predicted octanol–water partition coefficient (Wildman–Crippen LogP) is 7.33. The summed E-state index contributed by atoms with van der Waals surface area (Å²) in [6.07, 6.45) is 11.8. The van der Waals surface area contributed by atoms with E-state index in [4.69, 9.17) is 4.74 Å². The molecule has 11 heteroatoms. The third-order valence-corrected chi connectivity index (χ3v) is 9.44. The fourth-order valence-corrected chi connectivity index (χ4v) is 6.16. The number of para-hydroxylation sites is 1. The Balaban J connectivity index is 1.71. The van der Waals surface area contributed by atoms with Gasteiger partial charge in [0.2, 0.25) is 10.9 Å². The molecule has 230 valence electrons. The highest BCUT2D eigenvalue weighted by atomic mass is 32.2. The number of ether oxygens (including phenoxy) is 1. The van der Waals surface area contributed by atoms with E-state index in [1.54, 1.807) is 24.3 Å². The molecule has 1 N–H and O–H groups in total. The number of ketones is 1. The van der Waals surface area contributed by atoms with Gasteiger partial charge in [0.15, 0.2) is 5.44 Å². The van der Waals surface area contributed by atoms with Crippen molar-refractivity contribution in [2.45, 2.75) is 113 Å². The molecule has 3 rings (SSSR count). The van der Waals surface area contributed by atoms with Gasteiger partial charge in [0, 0.05) is 5.56 Å². The average molecular weight is 617 g/mol. The highest BCUT2D eigenvalue weighted by Crippen LogP contribution is 2.30. The number of tetrazole rings is 1.